The standard InChI is InChI=1S/C34H52N2O4S/c1-2-3-4-5-6-7-8-9-10-11-12-13-14-20-27-40-31(37)25-26-32(38)41-34-35-30-24-19-18-23-29(30)33(39)36(34)28-21-16-15-17-22-28/h18-19,23-24,28H,2-17,20-22,25-27H2,1H3. The van der Waals surface area contributed by atoms with Crippen LogP contribution in [0.25, 0.3) is 10.9 Å². The molecule has 1 aromatic carbocycles. The van der Waals surface area contributed by atoms with E-state index in [4.69, 9.17) is 4.74 Å². The minimum Gasteiger partial charge on any atom is -0.466 e. The van der Waals surface area contributed by atoms with Gasteiger partial charge in [0.05, 0.1) is 23.9 Å². The van der Waals surface area contributed by atoms with Crippen LogP contribution in [0.2, 0.25) is 0 Å². The Bertz CT molecular complexity index is 1110. The molecule has 7 heteroatoms. The largest absolute Gasteiger partial charge is 0.466 e. The van der Waals surface area contributed by atoms with E-state index >= 15 is 0 Å². The first-order chi connectivity index (χ1) is 20.1. The van der Waals surface area contributed by atoms with Gasteiger partial charge < -0.3 is 4.74 Å². The van der Waals surface area contributed by atoms with Crippen LogP contribution in [-0.4, -0.2) is 27.2 Å². The molecule has 0 aliphatic heterocycles. The lowest BCUT2D eigenvalue weighted by Crippen LogP contribution is -2.29. The van der Waals surface area contributed by atoms with Crippen molar-refractivity contribution in [3.63, 3.8) is 0 Å². The minimum atomic E-state index is -0.329. The molecule has 0 unspecified atom stereocenters. The number of unbranched alkanes of at least 4 members (excludes halogenated alkanes) is 13. The summed E-state index contributed by atoms with van der Waals surface area (Å²) in [6.45, 7) is 2.69. The quantitative estimate of drug-likeness (QED) is 0.0668. The van der Waals surface area contributed by atoms with Crippen LogP contribution in [0.5, 0.6) is 0 Å². The number of carbonyl (C=O) groups excluding carboxylic acids is 2. The highest BCUT2D eigenvalue weighted by Crippen LogP contribution is 2.31. The Hall–Kier alpha value is -2.15. The smallest absolute Gasteiger partial charge is 0.306 e. The zero-order valence-electron chi connectivity index (χ0n) is 25.4. The molecule has 3 rings (SSSR count). The summed E-state index contributed by atoms with van der Waals surface area (Å²) >= 11 is 0.989. The molecule has 0 N–H and O–H groups in total. The molecule has 41 heavy (non-hydrogen) atoms. The number of carbonyl (C=O) groups is 2. The van der Waals surface area contributed by atoms with Gasteiger partial charge in [-0.2, -0.15) is 0 Å². The zero-order valence-corrected chi connectivity index (χ0v) is 26.2. The molecule has 0 radical (unpaired) electrons. The molecule has 1 aliphatic rings. The van der Waals surface area contributed by atoms with Crippen molar-refractivity contribution in [2.24, 2.45) is 0 Å². The third-order valence-electron chi connectivity index (χ3n) is 8.21. The molecule has 1 aromatic heterocycles. The maximum absolute atomic E-state index is 13.3. The number of thioether (sulfide) groups is 1. The van der Waals surface area contributed by atoms with Crippen molar-refractivity contribution in [2.45, 2.75) is 153 Å². The Morgan fingerprint density at radius 1 is 0.829 bits per heavy atom. The van der Waals surface area contributed by atoms with Gasteiger partial charge in [0.15, 0.2) is 10.3 Å². The van der Waals surface area contributed by atoms with Crippen molar-refractivity contribution >= 4 is 33.7 Å². The lowest BCUT2D eigenvalue weighted by atomic mass is 9.95. The van der Waals surface area contributed by atoms with Crippen molar-refractivity contribution in [1.29, 1.82) is 0 Å². The summed E-state index contributed by atoms with van der Waals surface area (Å²) in [6, 6.07) is 7.38. The molecule has 0 spiro atoms. The van der Waals surface area contributed by atoms with Gasteiger partial charge in [0.2, 0.25) is 0 Å². The maximum Gasteiger partial charge on any atom is 0.306 e. The number of hydrogen-bond acceptors (Lipinski definition) is 6. The van der Waals surface area contributed by atoms with Crippen LogP contribution < -0.4 is 5.56 Å². The number of nitrogens with zero attached hydrogens (tertiary/aromatic N) is 2. The summed E-state index contributed by atoms with van der Waals surface area (Å²) in [4.78, 5) is 43.1. The number of rotatable bonds is 20. The van der Waals surface area contributed by atoms with Crippen LogP contribution in [-0.2, 0) is 14.3 Å². The molecule has 6 nitrogen and oxygen atoms in total. The Morgan fingerprint density at radius 3 is 2.05 bits per heavy atom. The minimum absolute atomic E-state index is 0.0612. The number of esters is 1. The van der Waals surface area contributed by atoms with Crippen molar-refractivity contribution in [3.8, 4) is 0 Å². The molecule has 1 saturated carbocycles. The van der Waals surface area contributed by atoms with Crippen molar-refractivity contribution in [1.82, 2.24) is 9.55 Å². The fourth-order valence-corrected chi connectivity index (χ4v) is 6.65. The topological polar surface area (TPSA) is 78.3 Å². The molecular formula is C34H52N2O4S. The van der Waals surface area contributed by atoms with Crippen molar-refractivity contribution in [3.05, 3.63) is 34.6 Å². The van der Waals surface area contributed by atoms with Crippen LogP contribution >= 0.6 is 11.8 Å². The van der Waals surface area contributed by atoms with E-state index in [1.807, 2.05) is 18.2 Å². The molecule has 2 aromatic rings. The lowest BCUT2D eigenvalue weighted by Gasteiger charge is -2.26. The van der Waals surface area contributed by atoms with E-state index < -0.39 is 0 Å². The molecule has 0 atom stereocenters. The summed E-state index contributed by atoms with van der Waals surface area (Å²) in [5.74, 6) is -0.329. The van der Waals surface area contributed by atoms with E-state index in [-0.39, 0.29) is 35.5 Å². The predicted octanol–water partition coefficient (Wildman–Crippen LogP) is 9.33. The van der Waals surface area contributed by atoms with E-state index in [2.05, 4.69) is 11.9 Å². The van der Waals surface area contributed by atoms with Gasteiger partial charge >= 0.3 is 5.97 Å². The monoisotopic (exact) mass is 584 g/mol. The second kappa shape index (κ2) is 19.9. The van der Waals surface area contributed by atoms with Crippen LogP contribution in [0.15, 0.2) is 34.2 Å². The average molecular weight is 585 g/mol. The van der Waals surface area contributed by atoms with Gasteiger partial charge in [-0.1, -0.05) is 122 Å². The number of fused-ring (bicyclic) bond motifs is 1. The van der Waals surface area contributed by atoms with Gasteiger partial charge in [-0.05, 0) is 43.2 Å². The first kappa shape index (κ1) is 33.4. The Morgan fingerprint density at radius 2 is 1.41 bits per heavy atom. The predicted molar refractivity (Wildman–Crippen MR) is 169 cm³/mol. The van der Waals surface area contributed by atoms with E-state index in [0.29, 0.717) is 22.7 Å². The molecule has 0 bridgehead atoms. The highest BCUT2D eigenvalue weighted by Gasteiger charge is 2.23. The number of para-hydroxylation sites is 1. The fraction of sp³-hybridized carbons (Fsp3) is 0.706. The van der Waals surface area contributed by atoms with Gasteiger partial charge in [0.25, 0.3) is 5.56 Å². The molecular weight excluding hydrogens is 532 g/mol. The van der Waals surface area contributed by atoms with Crippen LogP contribution in [0.1, 0.15) is 148 Å². The third kappa shape index (κ3) is 12.3. The van der Waals surface area contributed by atoms with Crippen molar-refractivity contribution in [2.75, 3.05) is 6.61 Å². The summed E-state index contributed by atoms with van der Waals surface area (Å²) < 4.78 is 7.11. The summed E-state index contributed by atoms with van der Waals surface area (Å²) in [6.07, 6.45) is 23.4. The summed E-state index contributed by atoms with van der Waals surface area (Å²) in [5, 5.41) is 0.869. The zero-order chi connectivity index (χ0) is 29.1. The Balaban J connectivity index is 1.28. The van der Waals surface area contributed by atoms with Gasteiger partial charge in [-0.15, -0.1) is 0 Å². The van der Waals surface area contributed by atoms with Crippen LogP contribution in [0.4, 0.5) is 0 Å². The summed E-state index contributed by atoms with van der Waals surface area (Å²) in [7, 11) is 0. The fourth-order valence-electron chi connectivity index (χ4n) is 5.77. The van der Waals surface area contributed by atoms with Crippen LogP contribution in [0.3, 0.4) is 0 Å². The van der Waals surface area contributed by atoms with Crippen LogP contribution in [0, 0.1) is 0 Å². The molecule has 1 heterocycles. The molecule has 1 fully saturated rings. The van der Waals surface area contributed by atoms with E-state index in [1.54, 1.807) is 10.6 Å². The SMILES string of the molecule is CCCCCCCCCCCCCCCCOC(=O)CCC(=O)Sc1nc2ccccc2c(=O)n1C1CCCCC1. The second-order valence-electron chi connectivity index (χ2n) is 11.7. The molecule has 0 saturated heterocycles. The Kier molecular flexibility index (Phi) is 16.2. The first-order valence-electron chi connectivity index (χ1n) is 16.5. The van der Waals surface area contributed by atoms with Gasteiger partial charge in [-0.3, -0.25) is 19.0 Å². The second-order valence-corrected chi connectivity index (χ2v) is 12.7. The Labute approximate surface area is 251 Å². The highest BCUT2D eigenvalue weighted by molar-refractivity contribution is 8.13. The first-order valence-corrected chi connectivity index (χ1v) is 17.3. The van der Waals surface area contributed by atoms with Gasteiger partial charge in [0, 0.05) is 12.5 Å². The van der Waals surface area contributed by atoms with Crippen molar-refractivity contribution < 1.29 is 14.3 Å². The number of ether oxygens (including phenoxy) is 1. The van der Waals surface area contributed by atoms with E-state index in [9.17, 15) is 14.4 Å². The number of benzene rings is 1. The molecule has 0 amide bonds. The third-order valence-corrected chi connectivity index (χ3v) is 9.12. The number of aromatic nitrogens is 2. The average Bonchev–Trinajstić information content (AvgIpc) is 2.98. The summed E-state index contributed by atoms with van der Waals surface area (Å²) in [5.41, 5.74) is 0.526. The van der Waals surface area contributed by atoms with Gasteiger partial charge in [0.1, 0.15) is 0 Å². The molecule has 228 valence electrons. The molecule has 1 aliphatic carbocycles. The lowest BCUT2D eigenvalue weighted by molar-refractivity contribution is -0.144. The van der Waals surface area contributed by atoms with E-state index in [1.165, 1.54) is 83.5 Å². The number of hydrogen-bond donors (Lipinski definition) is 0. The highest BCUT2D eigenvalue weighted by atomic mass is 32.2. The maximum atomic E-state index is 13.3. The van der Waals surface area contributed by atoms with Gasteiger partial charge in [-0.25, -0.2) is 4.98 Å². The normalized spacial score (nSPS) is 14.0. The van der Waals surface area contributed by atoms with E-state index in [0.717, 1.165) is 50.3 Å².